The predicted octanol–water partition coefficient (Wildman–Crippen LogP) is 2.52. The first-order valence-corrected chi connectivity index (χ1v) is 4.78. The van der Waals surface area contributed by atoms with Crippen LogP contribution in [0.4, 0.5) is 0 Å². The van der Waals surface area contributed by atoms with Crippen molar-refractivity contribution in [2.24, 2.45) is 5.92 Å². The lowest BCUT2D eigenvalue weighted by Crippen LogP contribution is -2.27. The number of unbranched alkanes of at least 4 members (excludes halogenated alkanes) is 1. The van der Waals surface area contributed by atoms with Gasteiger partial charge >= 0.3 is 5.97 Å². The Balaban J connectivity index is 2.47. The van der Waals surface area contributed by atoms with Gasteiger partial charge in [0.1, 0.15) is 5.60 Å². The topological polar surface area (TPSA) is 26.3 Å². The third-order valence-corrected chi connectivity index (χ3v) is 2.68. The van der Waals surface area contributed by atoms with Gasteiger partial charge in [0.15, 0.2) is 0 Å². The molecule has 70 valence electrons. The molecule has 0 aromatic heterocycles. The SMILES string of the molecule is CCCC[C@@H]1CC(=O)OC1(C)C. The quantitative estimate of drug-likeness (QED) is 0.608. The second kappa shape index (κ2) is 3.46. The number of ether oxygens (including phenoxy) is 1. The maximum Gasteiger partial charge on any atom is 0.306 e. The lowest BCUT2D eigenvalue weighted by atomic mass is 9.86. The Bertz CT molecular complexity index is 173. The molecule has 1 heterocycles. The van der Waals surface area contributed by atoms with E-state index in [0.29, 0.717) is 12.3 Å². The highest BCUT2D eigenvalue weighted by atomic mass is 16.6. The van der Waals surface area contributed by atoms with E-state index in [1.54, 1.807) is 0 Å². The summed E-state index contributed by atoms with van der Waals surface area (Å²) in [5, 5.41) is 0. The normalized spacial score (nSPS) is 27.2. The van der Waals surface area contributed by atoms with Gasteiger partial charge in [-0.2, -0.15) is 0 Å². The molecule has 1 aliphatic rings. The number of carbonyl (C=O) groups is 1. The molecule has 2 heteroatoms. The van der Waals surface area contributed by atoms with E-state index >= 15 is 0 Å². The van der Waals surface area contributed by atoms with Crippen LogP contribution in [0, 0.1) is 5.92 Å². The standard InChI is InChI=1S/C10H18O2/c1-4-5-6-8-7-9(11)12-10(8,2)3/h8H,4-7H2,1-3H3/t8-/m1/s1. The Labute approximate surface area is 74.3 Å². The van der Waals surface area contributed by atoms with E-state index in [1.165, 1.54) is 12.8 Å². The first-order valence-electron chi connectivity index (χ1n) is 4.78. The Morgan fingerprint density at radius 3 is 2.67 bits per heavy atom. The molecule has 1 aliphatic heterocycles. The summed E-state index contributed by atoms with van der Waals surface area (Å²) in [6.07, 6.45) is 4.13. The van der Waals surface area contributed by atoms with Crippen molar-refractivity contribution in [1.29, 1.82) is 0 Å². The monoisotopic (exact) mass is 170 g/mol. The van der Waals surface area contributed by atoms with Crippen molar-refractivity contribution in [2.75, 3.05) is 0 Å². The maximum atomic E-state index is 11.0. The lowest BCUT2D eigenvalue weighted by molar-refractivity contribution is -0.146. The molecular formula is C10H18O2. The van der Waals surface area contributed by atoms with Crippen LogP contribution in [0.2, 0.25) is 0 Å². The summed E-state index contributed by atoms with van der Waals surface area (Å²) in [5.74, 6) is 0.408. The summed E-state index contributed by atoms with van der Waals surface area (Å²) in [6, 6.07) is 0. The molecule has 0 saturated carbocycles. The Morgan fingerprint density at radius 2 is 2.25 bits per heavy atom. The van der Waals surface area contributed by atoms with Gasteiger partial charge in [-0.3, -0.25) is 4.79 Å². The number of rotatable bonds is 3. The first-order chi connectivity index (χ1) is 5.56. The predicted molar refractivity (Wildman–Crippen MR) is 47.8 cm³/mol. The van der Waals surface area contributed by atoms with Crippen molar-refractivity contribution in [1.82, 2.24) is 0 Å². The van der Waals surface area contributed by atoms with Crippen LogP contribution < -0.4 is 0 Å². The van der Waals surface area contributed by atoms with Gasteiger partial charge in [-0.1, -0.05) is 19.8 Å². The highest BCUT2D eigenvalue weighted by molar-refractivity contribution is 5.72. The summed E-state index contributed by atoms with van der Waals surface area (Å²) >= 11 is 0. The molecule has 0 bridgehead atoms. The van der Waals surface area contributed by atoms with Gasteiger partial charge in [0.2, 0.25) is 0 Å². The van der Waals surface area contributed by atoms with Crippen molar-refractivity contribution in [3.8, 4) is 0 Å². The molecule has 1 atom stereocenters. The highest BCUT2D eigenvalue weighted by Crippen LogP contribution is 2.35. The van der Waals surface area contributed by atoms with Gasteiger partial charge in [0.25, 0.3) is 0 Å². The van der Waals surface area contributed by atoms with Gasteiger partial charge in [-0.15, -0.1) is 0 Å². The average molecular weight is 170 g/mol. The van der Waals surface area contributed by atoms with Crippen LogP contribution in [0.5, 0.6) is 0 Å². The van der Waals surface area contributed by atoms with Crippen molar-refractivity contribution in [2.45, 2.75) is 52.1 Å². The van der Waals surface area contributed by atoms with E-state index < -0.39 is 0 Å². The van der Waals surface area contributed by atoms with Crippen LogP contribution in [0.1, 0.15) is 46.5 Å². The van der Waals surface area contributed by atoms with Crippen molar-refractivity contribution >= 4 is 5.97 Å². The molecule has 1 rings (SSSR count). The van der Waals surface area contributed by atoms with Gasteiger partial charge in [-0.25, -0.2) is 0 Å². The molecule has 0 amide bonds. The van der Waals surface area contributed by atoms with E-state index in [9.17, 15) is 4.79 Å². The minimum Gasteiger partial charge on any atom is -0.459 e. The fraction of sp³-hybridized carbons (Fsp3) is 0.900. The average Bonchev–Trinajstić information content (AvgIpc) is 2.20. The van der Waals surface area contributed by atoms with E-state index in [-0.39, 0.29) is 11.6 Å². The zero-order valence-corrected chi connectivity index (χ0v) is 8.22. The molecule has 0 spiro atoms. The summed E-state index contributed by atoms with van der Waals surface area (Å²) in [6.45, 7) is 6.20. The van der Waals surface area contributed by atoms with E-state index in [2.05, 4.69) is 6.92 Å². The van der Waals surface area contributed by atoms with Crippen LogP contribution in [0.3, 0.4) is 0 Å². The molecule has 2 nitrogen and oxygen atoms in total. The van der Waals surface area contributed by atoms with E-state index in [0.717, 1.165) is 6.42 Å². The fourth-order valence-corrected chi connectivity index (χ4v) is 1.77. The van der Waals surface area contributed by atoms with Gasteiger partial charge in [0.05, 0.1) is 6.42 Å². The van der Waals surface area contributed by atoms with E-state index in [4.69, 9.17) is 4.74 Å². The van der Waals surface area contributed by atoms with Gasteiger partial charge in [0, 0.05) is 5.92 Å². The molecule has 1 fully saturated rings. The van der Waals surface area contributed by atoms with Gasteiger partial charge in [-0.05, 0) is 20.3 Å². The second-order valence-corrected chi connectivity index (χ2v) is 4.12. The Hall–Kier alpha value is -0.530. The van der Waals surface area contributed by atoms with Crippen LogP contribution >= 0.6 is 0 Å². The second-order valence-electron chi connectivity index (χ2n) is 4.12. The zero-order valence-electron chi connectivity index (χ0n) is 8.22. The number of cyclic esters (lactones) is 1. The number of hydrogen-bond acceptors (Lipinski definition) is 2. The molecule has 0 unspecified atom stereocenters. The van der Waals surface area contributed by atoms with Crippen LogP contribution in [-0.4, -0.2) is 11.6 Å². The molecule has 1 saturated heterocycles. The van der Waals surface area contributed by atoms with Gasteiger partial charge < -0.3 is 4.74 Å². The molecule has 0 aromatic rings. The minimum atomic E-state index is -0.216. The summed E-state index contributed by atoms with van der Waals surface area (Å²) in [4.78, 5) is 11.0. The fourth-order valence-electron chi connectivity index (χ4n) is 1.77. The molecule has 12 heavy (non-hydrogen) atoms. The smallest absolute Gasteiger partial charge is 0.306 e. The molecular weight excluding hydrogens is 152 g/mol. The lowest BCUT2D eigenvalue weighted by Gasteiger charge is -2.24. The third-order valence-electron chi connectivity index (χ3n) is 2.68. The summed E-state index contributed by atoms with van der Waals surface area (Å²) < 4.78 is 5.22. The first kappa shape index (κ1) is 9.56. The summed E-state index contributed by atoms with van der Waals surface area (Å²) in [5.41, 5.74) is -0.216. The number of esters is 1. The summed E-state index contributed by atoms with van der Waals surface area (Å²) in [7, 11) is 0. The van der Waals surface area contributed by atoms with Crippen molar-refractivity contribution < 1.29 is 9.53 Å². The van der Waals surface area contributed by atoms with Crippen molar-refractivity contribution in [3.63, 3.8) is 0 Å². The van der Waals surface area contributed by atoms with Crippen LogP contribution in [-0.2, 0) is 9.53 Å². The van der Waals surface area contributed by atoms with E-state index in [1.807, 2.05) is 13.8 Å². The Morgan fingerprint density at radius 1 is 1.58 bits per heavy atom. The van der Waals surface area contributed by atoms with Crippen molar-refractivity contribution in [3.05, 3.63) is 0 Å². The highest BCUT2D eigenvalue weighted by Gasteiger charge is 2.40. The maximum absolute atomic E-state index is 11.0. The molecule has 0 aliphatic carbocycles. The molecule has 0 aromatic carbocycles. The van der Waals surface area contributed by atoms with Crippen LogP contribution in [0.15, 0.2) is 0 Å². The Kier molecular flexibility index (Phi) is 2.76. The number of carbonyl (C=O) groups excluding carboxylic acids is 1. The largest absolute Gasteiger partial charge is 0.459 e. The molecule has 0 radical (unpaired) electrons. The minimum absolute atomic E-state index is 0.0268. The third kappa shape index (κ3) is 1.99. The molecule has 0 N–H and O–H groups in total. The zero-order chi connectivity index (χ0) is 9.19. The number of hydrogen-bond donors (Lipinski definition) is 0. The van der Waals surface area contributed by atoms with Crippen LogP contribution in [0.25, 0.3) is 0 Å².